The summed E-state index contributed by atoms with van der Waals surface area (Å²) in [7, 11) is 0. The molecule has 1 N–H and O–H groups in total. The maximum atomic E-state index is 13.1. The first kappa shape index (κ1) is 19.7. The molecule has 0 fully saturated rings. The predicted octanol–water partition coefficient (Wildman–Crippen LogP) is 4.81. The van der Waals surface area contributed by atoms with Crippen LogP contribution in [-0.2, 0) is 4.74 Å². The van der Waals surface area contributed by atoms with Gasteiger partial charge in [-0.1, -0.05) is 54.5 Å². The molecule has 150 valence electrons. The van der Waals surface area contributed by atoms with E-state index in [1.807, 2.05) is 24.3 Å². The normalized spacial score (nSPS) is 11.8. The standard InChI is InChI=1S/C25H21FN2O2/c1-17-14-18(26)15-28-24(17)12-6-7-13-27-25(29)30-16-23-21-10-4-2-8-19(21)20-9-3-5-11-22(20)23/h2-5,8-11,14-15,23H,7,13,16H2,1H3,(H,27,29). The van der Waals surface area contributed by atoms with E-state index in [9.17, 15) is 9.18 Å². The number of halogens is 1. The fraction of sp³-hybridized carbons (Fsp3) is 0.200. The summed E-state index contributed by atoms with van der Waals surface area (Å²) in [5.74, 6) is 5.49. The van der Waals surface area contributed by atoms with Crippen molar-refractivity contribution in [1.82, 2.24) is 10.3 Å². The number of aromatic nitrogens is 1. The minimum atomic E-state index is -0.463. The molecule has 0 spiro atoms. The Bertz CT molecular complexity index is 1100. The second-order valence-corrected chi connectivity index (χ2v) is 7.12. The zero-order chi connectivity index (χ0) is 20.9. The Morgan fingerprint density at radius 3 is 2.47 bits per heavy atom. The lowest BCUT2D eigenvalue weighted by molar-refractivity contribution is 0.143. The molecular formula is C25H21FN2O2. The van der Waals surface area contributed by atoms with Crippen LogP contribution in [0.15, 0.2) is 60.8 Å². The fourth-order valence-electron chi connectivity index (χ4n) is 3.69. The first-order valence-corrected chi connectivity index (χ1v) is 9.83. The van der Waals surface area contributed by atoms with E-state index in [-0.39, 0.29) is 18.3 Å². The van der Waals surface area contributed by atoms with E-state index in [2.05, 4.69) is 46.4 Å². The van der Waals surface area contributed by atoms with E-state index in [0.717, 1.165) is 6.20 Å². The van der Waals surface area contributed by atoms with Gasteiger partial charge >= 0.3 is 6.09 Å². The summed E-state index contributed by atoms with van der Waals surface area (Å²) >= 11 is 0. The number of aryl methyl sites for hydroxylation is 1. The van der Waals surface area contributed by atoms with Gasteiger partial charge in [-0.25, -0.2) is 14.2 Å². The summed E-state index contributed by atoms with van der Waals surface area (Å²) in [6, 6.07) is 17.8. The maximum absolute atomic E-state index is 13.1. The number of pyridine rings is 1. The molecule has 0 unspecified atom stereocenters. The van der Waals surface area contributed by atoms with Crippen LogP contribution in [0.25, 0.3) is 11.1 Å². The molecule has 0 bridgehead atoms. The van der Waals surface area contributed by atoms with Gasteiger partial charge in [0.05, 0.1) is 6.20 Å². The molecule has 0 saturated heterocycles. The van der Waals surface area contributed by atoms with Crippen molar-refractivity contribution in [3.8, 4) is 23.0 Å². The molecule has 1 aliphatic rings. The number of benzene rings is 2. The topological polar surface area (TPSA) is 51.2 Å². The van der Waals surface area contributed by atoms with Crippen molar-refractivity contribution in [2.45, 2.75) is 19.3 Å². The minimum absolute atomic E-state index is 0.0375. The third kappa shape index (κ3) is 4.18. The molecule has 5 heteroatoms. The van der Waals surface area contributed by atoms with Crippen LogP contribution in [0, 0.1) is 24.6 Å². The second-order valence-electron chi connectivity index (χ2n) is 7.12. The SMILES string of the molecule is Cc1cc(F)cnc1C#CCCNC(=O)OCC1c2ccccc2-c2ccccc21. The van der Waals surface area contributed by atoms with Crippen LogP contribution in [0.4, 0.5) is 9.18 Å². The molecule has 0 radical (unpaired) electrons. The number of nitrogens with zero attached hydrogens (tertiary/aromatic N) is 1. The van der Waals surface area contributed by atoms with Gasteiger partial charge < -0.3 is 10.1 Å². The van der Waals surface area contributed by atoms with E-state index in [4.69, 9.17) is 4.74 Å². The number of hydrogen-bond donors (Lipinski definition) is 1. The van der Waals surface area contributed by atoms with Crippen molar-refractivity contribution < 1.29 is 13.9 Å². The Morgan fingerprint density at radius 2 is 1.80 bits per heavy atom. The lowest BCUT2D eigenvalue weighted by Crippen LogP contribution is -2.26. The zero-order valence-electron chi connectivity index (χ0n) is 16.6. The third-order valence-electron chi connectivity index (χ3n) is 5.11. The van der Waals surface area contributed by atoms with Crippen molar-refractivity contribution in [2.75, 3.05) is 13.2 Å². The number of ether oxygens (including phenoxy) is 1. The summed E-state index contributed by atoms with van der Waals surface area (Å²) in [6.45, 7) is 2.41. The Hall–Kier alpha value is -3.65. The molecule has 1 amide bonds. The molecule has 4 nitrogen and oxygen atoms in total. The fourth-order valence-corrected chi connectivity index (χ4v) is 3.69. The van der Waals surface area contributed by atoms with Gasteiger partial charge in [0, 0.05) is 18.9 Å². The summed E-state index contributed by atoms with van der Waals surface area (Å²) in [5, 5.41) is 2.72. The number of hydrogen-bond acceptors (Lipinski definition) is 3. The molecule has 0 atom stereocenters. The summed E-state index contributed by atoms with van der Waals surface area (Å²) in [5.41, 5.74) is 5.98. The average Bonchev–Trinajstić information content (AvgIpc) is 3.07. The van der Waals surface area contributed by atoms with Gasteiger partial charge in [-0.2, -0.15) is 0 Å². The van der Waals surface area contributed by atoms with Gasteiger partial charge in [0.25, 0.3) is 0 Å². The number of carbonyl (C=O) groups excluding carboxylic acids is 1. The monoisotopic (exact) mass is 400 g/mol. The largest absolute Gasteiger partial charge is 0.449 e. The van der Waals surface area contributed by atoms with Crippen LogP contribution in [0.3, 0.4) is 0 Å². The third-order valence-corrected chi connectivity index (χ3v) is 5.11. The van der Waals surface area contributed by atoms with Crippen LogP contribution in [0.5, 0.6) is 0 Å². The molecule has 1 heterocycles. The molecule has 0 aliphatic heterocycles. The molecule has 2 aromatic carbocycles. The Labute approximate surface area is 175 Å². The molecule has 1 aliphatic carbocycles. The summed E-state index contributed by atoms with van der Waals surface area (Å²) < 4.78 is 18.5. The summed E-state index contributed by atoms with van der Waals surface area (Å²) in [4.78, 5) is 16.1. The van der Waals surface area contributed by atoms with E-state index >= 15 is 0 Å². The van der Waals surface area contributed by atoms with Gasteiger partial charge in [0.15, 0.2) is 0 Å². The number of alkyl carbamates (subject to hydrolysis) is 1. The van der Waals surface area contributed by atoms with Gasteiger partial charge in [-0.15, -0.1) is 0 Å². The minimum Gasteiger partial charge on any atom is -0.449 e. The number of rotatable bonds is 4. The highest BCUT2D eigenvalue weighted by Crippen LogP contribution is 2.44. The molecule has 0 saturated carbocycles. The molecule has 1 aromatic heterocycles. The smallest absolute Gasteiger partial charge is 0.407 e. The van der Waals surface area contributed by atoms with Crippen molar-refractivity contribution in [1.29, 1.82) is 0 Å². The number of nitrogens with one attached hydrogen (secondary N) is 1. The highest BCUT2D eigenvalue weighted by molar-refractivity contribution is 5.79. The quantitative estimate of drug-likeness (QED) is 0.505. The number of fused-ring (bicyclic) bond motifs is 3. The molecule has 3 aromatic rings. The van der Waals surface area contributed by atoms with Crippen LogP contribution < -0.4 is 5.32 Å². The number of amides is 1. The van der Waals surface area contributed by atoms with Crippen molar-refractivity contribution in [3.05, 3.63) is 89.0 Å². The van der Waals surface area contributed by atoms with Crippen LogP contribution in [0.2, 0.25) is 0 Å². The van der Waals surface area contributed by atoms with Crippen molar-refractivity contribution in [2.24, 2.45) is 0 Å². The highest BCUT2D eigenvalue weighted by atomic mass is 19.1. The Balaban J connectivity index is 1.29. The predicted molar refractivity (Wildman–Crippen MR) is 113 cm³/mol. The molecular weight excluding hydrogens is 379 g/mol. The van der Waals surface area contributed by atoms with Crippen LogP contribution in [0.1, 0.15) is 34.7 Å². The lowest BCUT2D eigenvalue weighted by Gasteiger charge is -2.14. The van der Waals surface area contributed by atoms with Crippen molar-refractivity contribution in [3.63, 3.8) is 0 Å². The van der Waals surface area contributed by atoms with Gasteiger partial charge in [-0.3, -0.25) is 0 Å². The van der Waals surface area contributed by atoms with Crippen LogP contribution in [-0.4, -0.2) is 24.2 Å². The molecule has 4 rings (SSSR count). The Kier molecular flexibility index (Phi) is 5.76. The number of carbonyl (C=O) groups is 1. The molecule has 30 heavy (non-hydrogen) atoms. The second kappa shape index (κ2) is 8.79. The highest BCUT2D eigenvalue weighted by Gasteiger charge is 2.28. The van der Waals surface area contributed by atoms with Crippen molar-refractivity contribution >= 4 is 6.09 Å². The first-order valence-electron chi connectivity index (χ1n) is 9.83. The van der Waals surface area contributed by atoms with Gasteiger partial charge in [0.2, 0.25) is 0 Å². The average molecular weight is 400 g/mol. The first-order chi connectivity index (χ1) is 14.6. The van der Waals surface area contributed by atoms with Crippen LogP contribution >= 0.6 is 0 Å². The van der Waals surface area contributed by atoms with E-state index in [1.165, 1.54) is 28.3 Å². The maximum Gasteiger partial charge on any atom is 0.407 e. The van der Waals surface area contributed by atoms with E-state index < -0.39 is 6.09 Å². The van der Waals surface area contributed by atoms with E-state index in [0.29, 0.717) is 24.2 Å². The van der Waals surface area contributed by atoms with Gasteiger partial charge in [-0.05, 0) is 46.7 Å². The van der Waals surface area contributed by atoms with Gasteiger partial charge in [0.1, 0.15) is 18.1 Å². The van der Waals surface area contributed by atoms with E-state index in [1.54, 1.807) is 6.92 Å². The zero-order valence-corrected chi connectivity index (χ0v) is 16.6. The lowest BCUT2D eigenvalue weighted by atomic mass is 9.98. The summed E-state index contributed by atoms with van der Waals surface area (Å²) in [6.07, 6.45) is 1.13. The Morgan fingerprint density at radius 1 is 1.13 bits per heavy atom.